The van der Waals surface area contributed by atoms with E-state index >= 15 is 0 Å². The molecule has 0 aromatic heterocycles. The molecule has 1 saturated heterocycles. The standard InChI is InChI=1S/C14H29N3O4S/c1-13(2)21-11-12-22(19,20)17-9-7-16(8-10-17)14(18)5-4-6-15-3/h13,15H,4-12H2,1-3H3. The molecule has 0 saturated carbocycles. The second kappa shape index (κ2) is 9.44. The Bertz CT molecular complexity index is 431. The number of ether oxygens (including phenoxy) is 1. The van der Waals surface area contributed by atoms with Gasteiger partial charge in [-0.15, -0.1) is 0 Å². The summed E-state index contributed by atoms with van der Waals surface area (Å²) in [6.07, 6.45) is 1.35. The Labute approximate surface area is 134 Å². The Balaban J connectivity index is 2.36. The molecule has 0 unspecified atom stereocenters. The summed E-state index contributed by atoms with van der Waals surface area (Å²) >= 11 is 0. The number of carbonyl (C=O) groups is 1. The summed E-state index contributed by atoms with van der Waals surface area (Å²) in [6.45, 7) is 6.49. The normalized spacial score (nSPS) is 17.2. The number of hydrogen-bond acceptors (Lipinski definition) is 5. The van der Waals surface area contributed by atoms with Gasteiger partial charge in [-0.1, -0.05) is 0 Å². The van der Waals surface area contributed by atoms with Gasteiger partial charge in [0.05, 0.1) is 18.5 Å². The number of piperazine rings is 1. The highest BCUT2D eigenvalue weighted by Crippen LogP contribution is 2.10. The number of rotatable bonds is 9. The van der Waals surface area contributed by atoms with Crippen molar-refractivity contribution in [1.29, 1.82) is 0 Å². The summed E-state index contributed by atoms with van der Waals surface area (Å²) in [5.74, 6) is 0.108. The number of sulfonamides is 1. The van der Waals surface area contributed by atoms with Crippen molar-refractivity contribution < 1.29 is 17.9 Å². The van der Waals surface area contributed by atoms with E-state index < -0.39 is 10.0 Å². The van der Waals surface area contributed by atoms with Gasteiger partial charge in [0.25, 0.3) is 0 Å². The summed E-state index contributed by atoms with van der Waals surface area (Å²) < 4.78 is 31.2. The predicted octanol–water partition coefficient (Wildman–Crippen LogP) is -0.115. The van der Waals surface area contributed by atoms with Crippen LogP contribution in [0.4, 0.5) is 0 Å². The third kappa shape index (κ3) is 6.60. The number of carbonyl (C=O) groups excluding carboxylic acids is 1. The molecule has 0 spiro atoms. The zero-order valence-electron chi connectivity index (χ0n) is 13.9. The van der Waals surface area contributed by atoms with Crippen LogP contribution in [0.5, 0.6) is 0 Å². The van der Waals surface area contributed by atoms with Crippen molar-refractivity contribution in [1.82, 2.24) is 14.5 Å². The van der Waals surface area contributed by atoms with Crippen molar-refractivity contribution in [3.8, 4) is 0 Å². The van der Waals surface area contributed by atoms with Crippen LogP contribution in [0.15, 0.2) is 0 Å². The number of nitrogens with one attached hydrogen (secondary N) is 1. The van der Waals surface area contributed by atoms with Crippen molar-refractivity contribution in [2.24, 2.45) is 0 Å². The average molecular weight is 335 g/mol. The van der Waals surface area contributed by atoms with E-state index in [0.717, 1.165) is 13.0 Å². The lowest BCUT2D eigenvalue weighted by atomic mass is 10.2. The van der Waals surface area contributed by atoms with E-state index in [4.69, 9.17) is 4.74 Å². The molecule has 1 amide bonds. The molecule has 1 aliphatic heterocycles. The summed E-state index contributed by atoms with van der Waals surface area (Å²) in [5, 5.41) is 3.01. The van der Waals surface area contributed by atoms with E-state index in [9.17, 15) is 13.2 Å². The van der Waals surface area contributed by atoms with Crippen LogP contribution in [0.1, 0.15) is 26.7 Å². The minimum Gasteiger partial charge on any atom is -0.378 e. The van der Waals surface area contributed by atoms with Crippen molar-refractivity contribution in [2.45, 2.75) is 32.8 Å². The monoisotopic (exact) mass is 335 g/mol. The zero-order valence-corrected chi connectivity index (χ0v) is 14.7. The van der Waals surface area contributed by atoms with Gasteiger partial charge in [0.1, 0.15) is 0 Å². The Kier molecular flexibility index (Phi) is 8.30. The van der Waals surface area contributed by atoms with Gasteiger partial charge in [0.15, 0.2) is 0 Å². The third-order valence-corrected chi connectivity index (χ3v) is 5.43. The Morgan fingerprint density at radius 3 is 2.41 bits per heavy atom. The lowest BCUT2D eigenvalue weighted by Gasteiger charge is -2.34. The van der Waals surface area contributed by atoms with Crippen LogP contribution in [-0.2, 0) is 19.6 Å². The van der Waals surface area contributed by atoms with Crippen LogP contribution in [0, 0.1) is 0 Å². The summed E-state index contributed by atoms with van der Waals surface area (Å²) in [6, 6.07) is 0. The molecule has 8 heteroatoms. The molecule has 0 radical (unpaired) electrons. The minimum atomic E-state index is -3.29. The number of amides is 1. The SMILES string of the molecule is CNCCCC(=O)N1CCN(S(=O)(=O)CCOC(C)C)CC1. The van der Waals surface area contributed by atoms with Gasteiger partial charge in [-0.2, -0.15) is 4.31 Å². The topological polar surface area (TPSA) is 79.0 Å². The van der Waals surface area contributed by atoms with Crippen molar-refractivity contribution >= 4 is 15.9 Å². The zero-order chi connectivity index (χ0) is 16.6. The van der Waals surface area contributed by atoms with Crippen LogP contribution in [0.3, 0.4) is 0 Å². The highest BCUT2D eigenvalue weighted by molar-refractivity contribution is 7.89. The first kappa shape index (κ1) is 19.3. The first-order valence-corrected chi connectivity index (χ1v) is 9.49. The largest absolute Gasteiger partial charge is 0.378 e. The molecule has 1 aliphatic rings. The lowest BCUT2D eigenvalue weighted by Crippen LogP contribution is -2.51. The van der Waals surface area contributed by atoms with Gasteiger partial charge < -0.3 is 15.0 Å². The van der Waals surface area contributed by atoms with E-state index in [2.05, 4.69) is 5.32 Å². The van der Waals surface area contributed by atoms with Crippen molar-refractivity contribution in [2.75, 3.05) is 52.1 Å². The molecule has 0 aromatic carbocycles. The molecule has 130 valence electrons. The van der Waals surface area contributed by atoms with E-state index in [0.29, 0.717) is 32.6 Å². The second-order valence-corrected chi connectivity index (χ2v) is 7.81. The van der Waals surface area contributed by atoms with Crippen LogP contribution in [0.25, 0.3) is 0 Å². The molecule has 1 N–H and O–H groups in total. The Hall–Kier alpha value is -0.700. The van der Waals surface area contributed by atoms with Gasteiger partial charge in [0, 0.05) is 32.6 Å². The fraction of sp³-hybridized carbons (Fsp3) is 0.929. The Morgan fingerprint density at radius 1 is 1.23 bits per heavy atom. The van der Waals surface area contributed by atoms with E-state index in [1.54, 1.807) is 4.90 Å². The van der Waals surface area contributed by atoms with Gasteiger partial charge in [0.2, 0.25) is 15.9 Å². The average Bonchev–Trinajstić information content (AvgIpc) is 2.47. The van der Waals surface area contributed by atoms with Gasteiger partial charge in [-0.05, 0) is 33.9 Å². The first-order valence-electron chi connectivity index (χ1n) is 7.88. The number of nitrogens with zero attached hydrogens (tertiary/aromatic N) is 2. The van der Waals surface area contributed by atoms with Crippen LogP contribution in [-0.4, -0.2) is 81.8 Å². The fourth-order valence-electron chi connectivity index (χ4n) is 2.31. The van der Waals surface area contributed by atoms with Crippen molar-refractivity contribution in [3.63, 3.8) is 0 Å². The summed E-state index contributed by atoms with van der Waals surface area (Å²) in [5.41, 5.74) is 0. The van der Waals surface area contributed by atoms with Crippen LogP contribution >= 0.6 is 0 Å². The van der Waals surface area contributed by atoms with E-state index in [1.165, 1.54) is 4.31 Å². The molecule has 0 aromatic rings. The molecule has 1 rings (SSSR count). The van der Waals surface area contributed by atoms with Gasteiger partial charge >= 0.3 is 0 Å². The second-order valence-electron chi connectivity index (χ2n) is 5.72. The van der Waals surface area contributed by atoms with E-state index in [-0.39, 0.29) is 24.4 Å². The quantitative estimate of drug-likeness (QED) is 0.595. The van der Waals surface area contributed by atoms with E-state index in [1.807, 2.05) is 20.9 Å². The lowest BCUT2D eigenvalue weighted by molar-refractivity contribution is -0.132. The summed E-state index contributed by atoms with van der Waals surface area (Å²) in [7, 11) is -1.43. The molecule has 0 atom stereocenters. The molecule has 0 bridgehead atoms. The van der Waals surface area contributed by atoms with Crippen LogP contribution < -0.4 is 5.32 Å². The first-order chi connectivity index (χ1) is 10.4. The maximum Gasteiger partial charge on any atom is 0.222 e. The smallest absolute Gasteiger partial charge is 0.222 e. The molecule has 1 fully saturated rings. The predicted molar refractivity (Wildman–Crippen MR) is 86.2 cm³/mol. The summed E-state index contributed by atoms with van der Waals surface area (Å²) in [4.78, 5) is 13.7. The fourth-order valence-corrected chi connectivity index (χ4v) is 3.59. The minimum absolute atomic E-state index is 0.00129. The van der Waals surface area contributed by atoms with Crippen LogP contribution in [0.2, 0.25) is 0 Å². The van der Waals surface area contributed by atoms with Gasteiger partial charge in [-0.3, -0.25) is 4.79 Å². The third-order valence-electron chi connectivity index (χ3n) is 3.59. The molecule has 1 heterocycles. The maximum atomic E-state index is 12.2. The molecule has 7 nitrogen and oxygen atoms in total. The number of hydrogen-bond donors (Lipinski definition) is 1. The molecular formula is C14H29N3O4S. The highest BCUT2D eigenvalue weighted by atomic mass is 32.2. The maximum absolute atomic E-state index is 12.2. The molecule has 0 aliphatic carbocycles. The highest BCUT2D eigenvalue weighted by Gasteiger charge is 2.28. The van der Waals surface area contributed by atoms with Gasteiger partial charge in [-0.25, -0.2) is 8.42 Å². The molecular weight excluding hydrogens is 306 g/mol. The molecule has 22 heavy (non-hydrogen) atoms. The van der Waals surface area contributed by atoms with Crippen molar-refractivity contribution in [3.05, 3.63) is 0 Å². The Morgan fingerprint density at radius 2 is 1.86 bits per heavy atom.